The van der Waals surface area contributed by atoms with Crippen molar-refractivity contribution < 1.29 is 9.59 Å². The van der Waals surface area contributed by atoms with E-state index in [0.717, 1.165) is 5.56 Å². The lowest BCUT2D eigenvalue weighted by Crippen LogP contribution is -2.48. The summed E-state index contributed by atoms with van der Waals surface area (Å²) in [4.78, 5) is 24.5. The number of nitrogens with one attached hydrogen (secondary N) is 2. The van der Waals surface area contributed by atoms with Gasteiger partial charge in [-0.15, -0.1) is 0 Å². The van der Waals surface area contributed by atoms with Crippen molar-refractivity contribution in [3.63, 3.8) is 0 Å². The molecule has 124 valence electrons. The van der Waals surface area contributed by atoms with Gasteiger partial charge in [0.25, 0.3) is 11.8 Å². The van der Waals surface area contributed by atoms with E-state index >= 15 is 0 Å². The Morgan fingerprint density at radius 1 is 0.958 bits per heavy atom. The third-order valence-electron chi connectivity index (χ3n) is 3.46. The second-order valence-electron chi connectivity index (χ2n) is 5.71. The average Bonchev–Trinajstić information content (AvgIpc) is 2.60. The van der Waals surface area contributed by atoms with Crippen LogP contribution >= 0.6 is 0 Å². The van der Waals surface area contributed by atoms with E-state index in [1.807, 2.05) is 50.2 Å². The molecule has 0 aliphatic carbocycles. The van der Waals surface area contributed by atoms with Gasteiger partial charge in [-0.25, -0.2) is 5.43 Å². The summed E-state index contributed by atoms with van der Waals surface area (Å²) >= 11 is 0. The number of hydrogen-bond donors (Lipinski definition) is 2. The number of carbonyl (C=O) groups excluding carboxylic acids is 2. The summed E-state index contributed by atoms with van der Waals surface area (Å²) in [7, 11) is 0. The first-order valence-corrected chi connectivity index (χ1v) is 7.82. The largest absolute Gasteiger partial charge is 0.340 e. The number of nitrogens with zero attached hydrogens (tertiary/aromatic N) is 1. The molecule has 2 rings (SSSR count). The van der Waals surface area contributed by atoms with E-state index in [1.165, 1.54) is 0 Å². The molecule has 2 N–H and O–H groups in total. The highest BCUT2D eigenvalue weighted by molar-refractivity contribution is 5.97. The molecule has 2 aromatic carbocycles. The van der Waals surface area contributed by atoms with Crippen molar-refractivity contribution >= 4 is 18.0 Å². The normalized spacial score (nSPS) is 12.1. The minimum absolute atomic E-state index is 0.0652. The van der Waals surface area contributed by atoms with Gasteiger partial charge in [-0.3, -0.25) is 9.59 Å². The Balaban J connectivity index is 1.98. The van der Waals surface area contributed by atoms with Crippen molar-refractivity contribution in [2.24, 2.45) is 11.0 Å². The molecule has 5 heteroatoms. The Hall–Kier alpha value is -2.95. The van der Waals surface area contributed by atoms with Gasteiger partial charge in [-0.1, -0.05) is 62.4 Å². The van der Waals surface area contributed by atoms with Gasteiger partial charge >= 0.3 is 0 Å². The summed E-state index contributed by atoms with van der Waals surface area (Å²) < 4.78 is 0. The highest BCUT2D eigenvalue weighted by Gasteiger charge is 2.24. The number of hydrazone groups is 1. The molecular formula is C19H21N3O2. The summed E-state index contributed by atoms with van der Waals surface area (Å²) in [6.45, 7) is 3.74. The lowest BCUT2D eigenvalue weighted by atomic mass is 10.0. The van der Waals surface area contributed by atoms with Crippen LogP contribution in [-0.2, 0) is 4.79 Å². The standard InChI is InChI=1S/C19H21N3O2/c1-14(2)17(21-18(23)16-11-7-4-8-12-16)19(24)22-20-13-15-9-5-3-6-10-15/h3-14,17H,1-2H3,(H,21,23)(H,22,24)/t17-/m0/s1. The van der Waals surface area contributed by atoms with Crippen molar-refractivity contribution in [2.45, 2.75) is 19.9 Å². The molecule has 0 spiro atoms. The molecule has 0 heterocycles. The lowest BCUT2D eigenvalue weighted by molar-refractivity contribution is -0.123. The van der Waals surface area contributed by atoms with Crippen LogP contribution in [0.15, 0.2) is 65.8 Å². The second-order valence-corrected chi connectivity index (χ2v) is 5.71. The SMILES string of the molecule is CC(C)[C@H](NC(=O)c1ccccc1)C(=O)NN=Cc1ccccc1. The van der Waals surface area contributed by atoms with E-state index in [2.05, 4.69) is 15.8 Å². The Morgan fingerprint density at radius 2 is 1.54 bits per heavy atom. The van der Waals surface area contributed by atoms with Crippen molar-refractivity contribution in [1.29, 1.82) is 0 Å². The number of benzene rings is 2. The first-order chi connectivity index (χ1) is 11.6. The van der Waals surface area contributed by atoms with Gasteiger partial charge < -0.3 is 5.32 Å². The van der Waals surface area contributed by atoms with E-state index in [-0.39, 0.29) is 17.7 Å². The molecule has 2 aromatic rings. The molecule has 0 fully saturated rings. The molecule has 0 aliphatic heterocycles. The predicted molar refractivity (Wildman–Crippen MR) is 94.7 cm³/mol. The van der Waals surface area contributed by atoms with E-state index in [4.69, 9.17) is 0 Å². The molecule has 24 heavy (non-hydrogen) atoms. The van der Waals surface area contributed by atoms with E-state index in [9.17, 15) is 9.59 Å². The highest BCUT2D eigenvalue weighted by Crippen LogP contribution is 2.05. The maximum Gasteiger partial charge on any atom is 0.262 e. The molecule has 2 amide bonds. The fraction of sp³-hybridized carbons (Fsp3) is 0.211. The number of carbonyl (C=O) groups is 2. The lowest BCUT2D eigenvalue weighted by Gasteiger charge is -2.20. The fourth-order valence-corrected chi connectivity index (χ4v) is 2.13. The number of hydrogen-bond acceptors (Lipinski definition) is 3. The van der Waals surface area contributed by atoms with Crippen LogP contribution < -0.4 is 10.7 Å². The van der Waals surface area contributed by atoms with Crippen molar-refractivity contribution in [1.82, 2.24) is 10.7 Å². The summed E-state index contributed by atoms with van der Waals surface area (Å²) in [5, 5.41) is 6.71. The maximum atomic E-state index is 12.3. The van der Waals surface area contributed by atoms with Crippen LogP contribution in [0.5, 0.6) is 0 Å². The molecular weight excluding hydrogens is 302 g/mol. The zero-order valence-electron chi connectivity index (χ0n) is 13.8. The monoisotopic (exact) mass is 323 g/mol. The highest BCUT2D eigenvalue weighted by atomic mass is 16.2. The van der Waals surface area contributed by atoms with Crippen LogP contribution in [0.1, 0.15) is 29.8 Å². The predicted octanol–water partition coefficient (Wildman–Crippen LogP) is 2.59. The fourth-order valence-electron chi connectivity index (χ4n) is 2.13. The topological polar surface area (TPSA) is 70.6 Å². The molecule has 0 saturated carbocycles. The summed E-state index contributed by atoms with van der Waals surface area (Å²) in [5.74, 6) is -0.692. The van der Waals surface area contributed by atoms with Gasteiger partial charge in [0.2, 0.25) is 0 Å². The zero-order chi connectivity index (χ0) is 17.4. The number of amides is 2. The summed E-state index contributed by atoms with van der Waals surface area (Å²) in [6.07, 6.45) is 1.56. The van der Waals surface area contributed by atoms with Gasteiger partial charge in [0.15, 0.2) is 0 Å². The van der Waals surface area contributed by atoms with Crippen LogP contribution in [0.25, 0.3) is 0 Å². The van der Waals surface area contributed by atoms with Gasteiger partial charge in [-0.05, 0) is 23.6 Å². The first-order valence-electron chi connectivity index (χ1n) is 7.82. The zero-order valence-corrected chi connectivity index (χ0v) is 13.8. The van der Waals surface area contributed by atoms with Crippen LogP contribution in [-0.4, -0.2) is 24.1 Å². The molecule has 0 saturated heterocycles. The Bertz CT molecular complexity index is 697. The number of rotatable bonds is 6. The van der Waals surface area contributed by atoms with Crippen LogP contribution in [0.3, 0.4) is 0 Å². The van der Waals surface area contributed by atoms with Crippen molar-refractivity contribution in [3.05, 3.63) is 71.8 Å². The smallest absolute Gasteiger partial charge is 0.262 e. The second kappa shape index (κ2) is 8.62. The minimum Gasteiger partial charge on any atom is -0.340 e. The molecule has 1 atom stereocenters. The third-order valence-corrected chi connectivity index (χ3v) is 3.46. The molecule has 0 aromatic heterocycles. The van der Waals surface area contributed by atoms with Crippen LogP contribution in [0, 0.1) is 5.92 Å². The van der Waals surface area contributed by atoms with Gasteiger partial charge in [0.1, 0.15) is 6.04 Å². The maximum absolute atomic E-state index is 12.3. The van der Waals surface area contributed by atoms with E-state index < -0.39 is 6.04 Å². The molecule has 5 nitrogen and oxygen atoms in total. The summed E-state index contributed by atoms with van der Waals surface area (Å²) in [5.41, 5.74) is 3.88. The van der Waals surface area contributed by atoms with Gasteiger partial charge in [-0.2, -0.15) is 5.10 Å². The molecule has 0 radical (unpaired) electrons. The van der Waals surface area contributed by atoms with Crippen LogP contribution in [0.2, 0.25) is 0 Å². The Kier molecular flexibility index (Phi) is 6.25. The van der Waals surface area contributed by atoms with Crippen LogP contribution in [0.4, 0.5) is 0 Å². The van der Waals surface area contributed by atoms with Gasteiger partial charge in [0, 0.05) is 5.56 Å². The van der Waals surface area contributed by atoms with E-state index in [1.54, 1.807) is 30.5 Å². The molecule has 0 bridgehead atoms. The first kappa shape index (κ1) is 17.4. The molecule has 0 aliphatic rings. The van der Waals surface area contributed by atoms with Crippen molar-refractivity contribution in [3.8, 4) is 0 Å². The Labute approximate surface area is 141 Å². The third kappa shape index (κ3) is 5.05. The minimum atomic E-state index is -0.661. The molecule has 0 unspecified atom stereocenters. The Morgan fingerprint density at radius 3 is 2.12 bits per heavy atom. The van der Waals surface area contributed by atoms with Gasteiger partial charge in [0.05, 0.1) is 6.21 Å². The average molecular weight is 323 g/mol. The van der Waals surface area contributed by atoms with Crippen molar-refractivity contribution in [2.75, 3.05) is 0 Å². The quantitative estimate of drug-likeness (QED) is 0.633. The van der Waals surface area contributed by atoms with E-state index in [0.29, 0.717) is 5.56 Å². The summed E-state index contributed by atoms with van der Waals surface area (Å²) in [6, 6.07) is 17.6.